The fraction of sp³-hybridized carbons (Fsp3) is 0.238. The van der Waals surface area contributed by atoms with E-state index in [0.717, 1.165) is 18.6 Å². The summed E-state index contributed by atoms with van der Waals surface area (Å²) in [4.78, 5) is 16.2. The Hall–Kier alpha value is -2.99. The van der Waals surface area contributed by atoms with E-state index >= 15 is 0 Å². The summed E-state index contributed by atoms with van der Waals surface area (Å²) in [6, 6.07) is 12.1. The van der Waals surface area contributed by atoms with Crippen molar-refractivity contribution in [1.29, 1.82) is 0 Å². The van der Waals surface area contributed by atoms with Crippen LogP contribution in [0.1, 0.15) is 30.3 Å². The minimum absolute atomic E-state index is 0.0791. The van der Waals surface area contributed by atoms with Gasteiger partial charge in [-0.15, -0.1) is 0 Å². The van der Waals surface area contributed by atoms with Crippen molar-refractivity contribution >= 4 is 28.3 Å². The molecule has 0 fully saturated rings. The lowest BCUT2D eigenvalue weighted by Gasteiger charge is -2.11. The minimum atomic E-state index is -0.701. The lowest BCUT2D eigenvalue weighted by molar-refractivity contribution is 0.0489. The molecule has 1 N–H and O–H groups in total. The number of methoxy groups -OCH3 is 1. The second-order valence-corrected chi connectivity index (χ2v) is 6.43. The molecule has 0 aliphatic rings. The van der Waals surface area contributed by atoms with E-state index in [4.69, 9.17) is 25.8 Å². The van der Waals surface area contributed by atoms with Crippen LogP contribution >= 0.6 is 11.6 Å². The highest BCUT2D eigenvalue weighted by Gasteiger charge is 2.20. The second-order valence-electron chi connectivity index (χ2n) is 6.07. The number of unbranched alkanes of at least 4 members (excludes halogenated alkanes) is 1. The zero-order valence-corrected chi connectivity index (χ0v) is 16.3. The lowest BCUT2D eigenvalue weighted by atomic mass is 10.1. The first-order chi connectivity index (χ1) is 13.5. The number of hydrogen-bond acceptors (Lipinski definition) is 6. The zero-order chi connectivity index (χ0) is 20.1. The number of halogens is 1. The maximum Gasteiger partial charge on any atom is 0.360 e. The molecule has 0 radical (unpaired) electrons. The van der Waals surface area contributed by atoms with Crippen LogP contribution in [0.3, 0.4) is 0 Å². The maximum atomic E-state index is 12.2. The van der Waals surface area contributed by atoms with E-state index in [1.54, 1.807) is 49.6 Å². The summed E-state index contributed by atoms with van der Waals surface area (Å²) < 4.78 is 16.0. The molecule has 0 aliphatic carbocycles. The van der Waals surface area contributed by atoms with Crippen LogP contribution in [0.25, 0.3) is 10.8 Å². The van der Waals surface area contributed by atoms with Crippen molar-refractivity contribution in [2.45, 2.75) is 19.8 Å². The molecular weight excluding hydrogens is 382 g/mol. The fourth-order valence-electron chi connectivity index (χ4n) is 2.60. The number of hydrogen-bond donors (Lipinski definition) is 1. The van der Waals surface area contributed by atoms with Crippen molar-refractivity contribution in [3.05, 3.63) is 53.3 Å². The molecular formula is C21H20ClNO5. The molecule has 3 aromatic rings. The van der Waals surface area contributed by atoms with E-state index in [1.165, 1.54) is 0 Å². The average molecular weight is 402 g/mol. The number of carbonyl (C=O) groups excluding carboxylic acids is 1. The molecule has 0 saturated heterocycles. The van der Waals surface area contributed by atoms with Crippen LogP contribution in [0.5, 0.6) is 23.0 Å². The Morgan fingerprint density at radius 2 is 1.75 bits per heavy atom. The van der Waals surface area contributed by atoms with Gasteiger partial charge in [0.05, 0.1) is 13.7 Å². The molecule has 0 saturated carbocycles. The highest BCUT2D eigenvalue weighted by atomic mass is 35.5. The summed E-state index contributed by atoms with van der Waals surface area (Å²) in [6.45, 7) is 2.25. The maximum absolute atomic E-state index is 12.2. The number of carbonyl (C=O) groups is 1. The third kappa shape index (κ3) is 4.28. The quantitative estimate of drug-likeness (QED) is 0.326. The Morgan fingerprint density at radius 1 is 1.07 bits per heavy atom. The SMILES string of the molecule is CCCCOC(=O)c1nc(Cl)c2cc(Oc3ccc(OC)cc3)ccc2c1O. The number of pyridine rings is 1. The second kappa shape index (κ2) is 8.80. The normalized spacial score (nSPS) is 10.7. The molecule has 3 rings (SSSR count). The van der Waals surface area contributed by atoms with Crippen molar-refractivity contribution in [3.63, 3.8) is 0 Å². The van der Waals surface area contributed by atoms with Gasteiger partial charge in [0.1, 0.15) is 22.4 Å². The first-order valence-corrected chi connectivity index (χ1v) is 9.22. The van der Waals surface area contributed by atoms with Gasteiger partial charge in [-0.1, -0.05) is 24.9 Å². The number of benzene rings is 2. The van der Waals surface area contributed by atoms with Crippen LogP contribution in [0.15, 0.2) is 42.5 Å². The predicted molar refractivity (Wildman–Crippen MR) is 107 cm³/mol. The van der Waals surface area contributed by atoms with Gasteiger partial charge in [-0.25, -0.2) is 9.78 Å². The number of esters is 1. The standard InChI is InChI=1S/C21H20ClNO5/c1-3-4-11-27-21(25)18-19(24)16-10-9-15(12-17(16)20(22)23-18)28-14-7-5-13(26-2)6-8-14/h5-10,12,24H,3-4,11H2,1-2H3. The van der Waals surface area contributed by atoms with Crippen LogP contribution in [0.4, 0.5) is 0 Å². The zero-order valence-electron chi connectivity index (χ0n) is 15.6. The van der Waals surface area contributed by atoms with Gasteiger partial charge in [0, 0.05) is 10.8 Å². The van der Waals surface area contributed by atoms with Gasteiger partial charge in [-0.3, -0.25) is 0 Å². The molecule has 0 unspecified atom stereocenters. The molecule has 28 heavy (non-hydrogen) atoms. The molecule has 0 bridgehead atoms. The predicted octanol–water partition coefficient (Wildman–Crippen LogP) is 5.35. The molecule has 0 amide bonds. The number of aromatic nitrogens is 1. The third-order valence-electron chi connectivity index (χ3n) is 4.12. The monoisotopic (exact) mass is 401 g/mol. The number of rotatable bonds is 7. The van der Waals surface area contributed by atoms with Crippen molar-refractivity contribution in [3.8, 4) is 23.0 Å². The van der Waals surface area contributed by atoms with E-state index in [9.17, 15) is 9.90 Å². The van der Waals surface area contributed by atoms with E-state index in [1.807, 2.05) is 6.92 Å². The van der Waals surface area contributed by atoms with E-state index in [0.29, 0.717) is 22.3 Å². The summed E-state index contributed by atoms with van der Waals surface area (Å²) in [7, 11) is 1.59. The highest BCUT2D eigenvalue weighted by Crippen LogP contribution is 2.36. The van der Waals surface area contributed by atoms with Crippen molar-refractivity contribution in [1.82, 2.24) is 4.98 Å². The number of fused-ring (bicyclic) bond motifs is 1. The van der Waals surface area contributed by atoms with Crippen LogP contribution in [0, 0.1) is 0 Å². The Morgan fingerprint density at radius 3 is 2.43 bits per heavy atom. The first kappa shape index (κ1) is 19.8. The topological polar surface area (TPSA) is 77.9 Å². The van der Waals surface area contributed by atoms with Crippen LogP contribution in [-0.2, 0) is 4.74 Å². The fourth-order valence-corrected chi connectivity index (χ4v) is 2.84. The summed E-state index contributed by atoms with van der Waals surface area (Å²) in [5, 5.41) is 11.4. The van der Waals surface area contributed by atoms with E-state index in [2.05, 4.69) is 4.98 Å². The Kier molecular flexibility index (Phi) is 6.21. The largest absolute Gasteiger partial charge is 0.505 e. The summed E-state index contributed by atoms with van der Waals surface area (Å²) in [6.07, 6.45) is 1.63. The van der Waals surface area contributed by atoms with Gasteiger partial charge in [-0.05, 0) is 48.9 Å². The molecule has 1 aromatic heterocycles. The van der Waals surface area contributed by atoms with Gasteiger partial charge < -0.3 is 19.3 Å². The van der Waals surface area contributed by atoms with Gasteiger partial charge in [0.2, 0.25) is 0 Å². The van der Waals surface area contributed by atoms with Gasteiger partial charge in [0.15, 0.2) is 11.4 Å². The molecule has 0 spiro atoms. The Balaban J connectivity index is 1.88. The summed E-state index contributed by atoms with van der Waals surface area (Å²) in [5.74, 6) is 0.884. The lowest BCUT2D eigenvalue weighted by Crippen LogP contribution is -2.09. The van der Waals surface area contributed by atoms with Crippen molar-refractivity contribution in [2.24, 2.45) is 0 Å². The molecule has 2 aromatic carbocycles. The van der Waals surface area contributed by atoms with E-state index < -0.39 is 5.97 Å². The first-order valence-electron chi connectivity index (χ1n) is 8.84. The average Bonchev–Trinajstić information content (AvgIpc) is 2.71. The van der Waals surface area contributed by atoms with Crippen LogP contribution in [0.2, 0.25) is 5.15 Å². The van der Waals surface area contributed by atoms with Crippen LogP contribution in [-0.4, -0.2) is 29.8 Å². The van der Waals surface area contributed by atoms with Gasteiger partial charge in [0.25, 0.3) is 0 Å². The molecule has 0 aliphatic heterocycles. The van der Waals surface area contributed by atoms with Crippen molar-refractivity contribution < 1.29 is 24.1 Å². The summed E-state index contributed by atoms with van der Waals surface area (Å²) >= 11 is 6.25. The molecule has 146 valence electrons. The number of nitrogens with zero attached hydrogens (tertiary/aromatic N) is 1. The smallest absolute Gasteiger partial charge is 0.360 e. The molecule has 1 heterocycles. The van der Waals surface area contributed by atoms with Gasteiger partial charge >= 0.3 is 5.97 Å². The van der Waals surface area contributed by atoms with Crippen molar-refractivity contribution in [2.75, 3.05) is 13.7 Å². The molecule has 0 atom stereocenters. The Bertz CT molecular complexity index is 988. The minimum Gasteiger partial charge on any atom is -0.505 e. The summed E-state index contributed by atoms with van der Waals surface area (Å²) in [5.41, 5.74) is -0.197. The number of aromatic hydroxyl groups is 1. The number of ether oxygens (including phenoxy) is 3. The third-order valence-corrected chi connectivity index (χ3v) is 4.41. The molecule has 7 heteroatoms. The van der Waals surface area contributed by atoms with Gasteiger partial charge in [-0.2, -0.15) is 0 Å². The molecule has 6 nitrogen and oxygen atoms in total. The van der Waals surface area contributed by atoms with E-state index in [-0.39, 0.29) is 23.2 Å². The highest BCUT2D eigenvalue weighted by molar-refractivity contribution is 6.35. The Labute approximate surface area is 167 Å². The van der Waals surface area contributed by atoms with Crippen LogP contribution < -0.4 is 9.47 Å².